The summed E-state index contributed by atoms with van der Waals surface area (Å²) in [5, 5.41) is 0.774. The number of nitrogens with zero attached hydrogens (tertiary/aromatic N) is 3. The van der Waals surface area contributed by atoms with E-state index in [4.69, 9.17) is 4.74 Å². The molecule has 0 radical (unpaired) electrons. The predicted octanol–water partition coefficient (Wildman–Crippen LogP) is 2.24. The van der Waals surface area contributed by atoms with Gasteiger partial charge in [-0.2, -0.15) is 0 Å². The number of hydrogen-bond donors (Lipinski definition) is 0. The van der Waals surface area contributed by atoms with E-state index in [-0.39, 0.29) is 5.91 Å². The lowest BCUT2D eigenvalue weighted by Gasteiger charge is -2.27. The fraction of sp³-hybridized carbons (Fsp3) is 0.312. The first-order valence-corrected chi connectivity index (χ1v) is 8.17. The van der Waals surface area contributed by atoms with Crippen LogP contribution in [0, 0.1) is 0 Å². The lowest BCUT2D eigenvalue weighted by Crippen LogP contribution is -2.40. The molecule has 0 spiro atoms. The minimum Gasteiger partial charge on any atom is -0.378 e. The molecule has 6 heteroatoms. The first-order valence-electron chi connectivity index (χ1n) is 7.18. The van der Waals surface area contributed by atoms with Gasteiger partial charge in [0.1, 0.15) is 5.03 Å². The van der Waals surface area contributed by atoms with Crippen LogP contribution in [0.1, 0.15) is 15.9 Å². The molecule has 0 aliphatic carbocycles. The zero-order chi connectivity index (χ0) is 15.2. The van der Waals surface area contributed by atoms with Gasteiger partial charge in [-0.05, 0) is 29.8 Å². The van der Waals surface area contributed by atoms with Crippen LogP contribution < -0.4 is 0 Å². The van der Waals surface area contributed by atoms with Crippen LogP contribution in [0.2, 0.25) is 0 Å². The Morgan fingerprint density at radius 3 is 2.73 bits per heavy atom. The van der Waals surface area contributed by atoms with E-state index < -0.39 is 0 Å². The Morgan fingerprint density at radius 1 is 1.18 bits per heavy atom. The van der Waals surface area contributed by atoms with E-state index in [2.05, 4.69) is 9.97 Å². The van der Waals surface area contributed by atoms with Crippen LogP contribution in [-0.2, 0) is 10.5 Å². The fourth-order valence-electron chi connectivity index (χ4n) is 2.24. The number of carbonyl (C=O) groups excluding carboxylic acids is 1. The smallest absolute Gasteiger partial charge is 0.256 e. The lowest BCUT2D eigenvalue weighted by molar-refractivity contribution is 0.0300. The van der Waals surface area contributed by atoms with Crippen LogP contribution >= 0.6 is 11.8 Å². The van der Waals surface area contributed by atoms with Gasteiger partial charge in [0.2, 0.25) is 0 Å². The number of amides is 1. The van der Waals surface area contributed by atoms with Crippen LogP contribution in [0.25, 0.3) is 0 Å². The van der Waals surface area contributed by atoms with Gasteiger partial charge < -0.3 is 9.64 Å². The largest absolute Gasteiger partial charge is 0.378 e. The standard InChI is InChI=1S/C16H17N3O2S/c20-16(19-8-10-21-11-9-19)14-2-1-5-18-15(14)22-12-13-3-6-17-7-4-13/h1-7H,8-12H2. The zero-order valence-electron chi connectivity index (χ0n) is 12.1. The highest BCUT2D eigenvalue weighted by Gasteiger charge is 2.21. The second kappa shape index (κ2) is 7.38. The molecule has 0 atom stereocenters. The SMILES string of the molecule is O=C(c1cccnc1SCc1ccncc1)N1CCOCC1. The topological polar surface area (TPSA) is 55.3 Å². The van der Waals surface area contributed by atoms with Crippen LogP contribution in [0.4, 0.5) is 0 Å². The van der Waals surface area contributed by atoms with E-state index in [1.54, 1.807) is 30.4 Å². The van der Waals surface area contributed by atoms with Crippen molar-refractivity contribution in [1.29, 1.82) is 0 Å². The Labute approximate surface area is 133 Å². The average Bonchev–Trinajstić information content (AvgIpc) is 2.61. The molecule has 5 nitrogen and oxygen atoms in total. The number of aromatic nitrogens is 2. The number of pyridine rings is 2. The summed E-state index contributed by atoms with van der Waals surface area (Å²) in [4.78, 5) is 22.9. The maximum absolute atomic E-state index is 12.6. The highest BCUT2D eigenvalue weighted by Crippen LogP contribution is 2.25. The van der Waals surface area contributed by atoms with Gasteiger partial charge in [0, 0.05) is 37.4 Å². The van der Waals surface area contributed by atoms with Gasteiger partial charge in [0.15, 0.2) is 0 Å². The van der Waals surface area contributed by atoms with Crippen molar-refractivity contribution in [2.45, 2.75) is 10.8 Å². The molecule has 0 aromatic carbocycles. The Bertz CT molecular complexity index is 630. The summed E-state index contributed by atoms with van der Waals surface area (Å²) in [5.41, 5.74) is 1.83. The molecule has 0 saturated carbocycles. The molecule has 3 heterocycles. The van der Waals surface area contributed by atoms with Gasteiger partial charge in [-0.15, -0.1) is 11.8 Å². The van der Waals surface area contributed by atoms with Crippen molar-refractivity contribution in [1.82, 2.24) is 14.9 Å². The molecule has 1 amide bonds. The molecule has 0 N–H and O–H groups in total. The maximum atomic E-state index is 12.6. The number of morpholine rings is 1. The van der Waals surface area contributed by atoms with Crippen LogP contribution in [-0.4, -0.2) is 47.1 Å². The second-order valence-corrected chi connectivity index (χ2v) is 5.87. The van der Waals surface area contributed by atoms with Gasteiger partial charge in [-0.25, -0.2) is 4.98 Å². The molecule has 0 unspecified atom stereocenters. The third-order valence-corrected chi connectivity index (χ3v) is 4.50. The molecular weight excluding hydrogens is 298 g/mol. The van der Waals surface area contributed by atoms with Crippen molar-refractivity contribution in [3.05, 3.63) is 54.0 Å². The molecule has 1 saturated heterocycles. The van der Waals surface area contributed by atoms with Gasteiger partial charge in [-0.3, -0.25) is 9.78 Å². The van der Waals surface area contributed by atoms with E-state index in [1.807, 2.05) is 29.2 Å². The lowest BCUT2D eigenvalue weighted by atomic mass is 10.2. The molecule has 1 fully saturated rings. The first-order chi connectivity index (χ1) is 10.8. The maximum Gasteiger partial charge on any atom is 0.256 e. The van der Waals surface area contributed by atoms with Crippen molar-refractivity contribution in [3.63, 3.8) is 0 Å². The number of ether oxygens (including phenoxy) is 1. The molecule has 2 aromatic rings. The molecule has 22 heavy (non-hydrogen) atoms. The third kappa shape index (κ3) is 3.64. The van der Waals surface area contributed by atoms with Crippen LogP contribution in [0.5, 0.6) is 0 Å². The number of thioether (sulfide) groups is 1. The third-order valence-electron chi connectivity index (χ3n) is 3.42. The second-order valence-electron chi connectivity index (χ2n) is 4.90. The van der Waals surface area contributed by atoms with E-state index in [0.717, 1.165) is 16.3 Å². The van der Waals surface area contributed by atoms with Crippen LogP contribution in [0.15, 0.2) is 47.9 Å². The Hall–Kier alpha value is -1.92. The molecule has 1 aliphatic rings. The summed E-state index contributed by atoms with van der Waals surface area (Å²) in [6.45, 7) is 2.49. The van der Waals surface area contributed by atoms with Crippen molar-refractivity contribution in [2.75, 3.05) is 26.3 Å². The van der Waals surface area contributed by atoms with E-state index in [1.165, 1.54) is 0 Å². The molecule has 1 aliphatic heterocycles. The van der Waals surface area contributed by atoms with E-state index in [0.29, 0.717) is 31.9 Å². The van der Waals surface area contributed by atoms with Gasteiger partial charge in [-0.1, -0.05) is 0 Å². The van der Waals surface area contributed by atoms with Crippen molar-refractivity contribution < 1.29 is 9.53 Å². The quantitative estimate of drug-likeness (QED) is 0.810. The molecule has 2 aromatic heterocycles. The van der Waals surface area contributed by atoms with E-state index in [9.17, 15) is 4.79 Å². The molecule has 114 valence electrons. The zero-order valence-corrected chi connectivity index (χ0v) is 13.0. The van der Waals surface area contributed by atoms with Gasteiger partial charge in [0.05, 0.1) is 18.8 Å². The van der Waals surface area contributed by atoms with Gasteiger partial charge >= 0.3 is 0 Å². The Kier molecular flexibility index (Phi) is 5.03. The van der Waals surface area contributed by atoms with E-state index >= 15 is 0 Å². The number of carbonyl (C=O) groups is 1. The monoisotopic (exact) mass is 315 g/mol. The highest BCUT2D eigenvalue weighted by atomic mass is 32.2. The summed E-state index contributed by atoms with van der Waals surface area (Å²) in [6.07, 6.45) is 5.27. The minimum atomic E-state index is 0.0358. The van der Waals surface area contributed by atoms with Crippen molar-refractivity contribution >= 4 is 17.7 Å². The number of hydrogen-bond acceptors (Lipinski definition) is 5. The Balaban J connectivity index is 1.73. The molecular formula is C16H17N3O2S. The number of rotatable bonds is 4. The average molecular weight is 315 g/mol. The summed E-state index contributed by atoms with van der Waals surface area (Å²) in [5.74, 6) is 0.803. The van der Waals surface area contributed by atoms with Crippen LogP contribution in [0.3, 0.4) is 0 Å². The molecule has 0 bridgehead atoms. The van der Waals surface area contributed by atoms with Gasteiger partial charge in [0.25, 0.3) is 5.91 Å². The summed E-state index contributed by atoms with van der Waals surface area (Å²) in [6, 6.07) is 7.60. The summed E-state index contributed by atoms with van der Waals surface area (Å²) < 4.78 is 5.30. The highest BCUT2D eigenvalue weighted by molar-refractivity contribution is 7.98. The van der Waals surface area contributed by atoms with Crippen molar-refractivity contribution in [3.8, 4) is 0 Å². The summed E-state index contributed by atoms with van der Waals surface area (Å²) in [7, 11) is 0. The molecule has 3 rings (SSSR count). The fourth-order valence-corrected chi connectivity index (χ4v) is 3.18. The first kappa shape index (κ1) is 15.0. The van der Waals surface area contributed by atoms with Crippen molar-refractivity contribution in [2.24, 2.45) is 0 Å². The normalized spacial score (nSPS) is 14.8. The Morgan fingerprint density at radius 2 is 1.95 bits per heavy atom. The minimum absolute atomic E-state index is 0.0358. The predicted molar refractivity (Wildman–Crippen MR) is 84.8 cm³/mol. The summed E-state index contributed by atoms with van der Waals surface area (Å²) >= 11 is 1.57.